The van der Waals surface area contributed by atoms with Crippen molar-refractivity contribution >= 4 is 28.2 Å². The molecule has 1 aromatic carbocycles. The number of ketones is 1. The lowest BCUT2D eigenvalue weighted by atomic mass is 10.1. The van der Waals surface area contributed by atoms with Crippen LogP contribution in [0.2, 0.25) is 0 Å². The molecule has 26 heavy (non-hydrogen) atoms. The third-order valence-electron chi connectivity index (χ3n) is 4.85. The van der Waals surface area contributed by atoms with Crippen LogP contribution in [0.1, 0.15) is 33.6 Å². The number of hydrogen-bond donors (Lipinski definition) is 0. The van der Waals surface area contributed by atoms with Gasteiger partial charge in [0, 0.05) is 29.6 Å². The number of nitrogens with zero attached hydrogens (tertiary/aromatic N) is 2. The molecule has 5 heteroatoms. The molecular weight excluding hydrogens is 328 g/mol. The quantitative estimate of drug-likeness (QED) is 0.505. The summed E-state index contributed by atoms with van der Waals surface area (Å²) in [5.74, 6) is 0.0383. The monoisotopic (exact) mass is 350 g/mol. The van der Waals surface area contributed by atoms with Gasteiger partial charge in [-0.05, 0) is 45.1 Å². The van der Waals surface area contributed by atoms with Crippen LogP contribution in [0.3, 0.4) is 0 Å². The van der Waals surface area contributed by atoms with E-state index in [9.17, 15) is 9.59 Å². The zero-order valence-electron chi connectivity index (χ0n) is 15.1. The van der Waals surface area contributed by atoms with E-state index in [1.165, 1.54) is 0 Å². The van der Waals surface area contributed by atoms with E-state index in [4.69, 9.17) is 4.74 Å². The topological polar surface area (TPSA) is 51.0 Å². The number of hydrogen-bond acceptors (Lipinski definition) is 4. The molecule has 2 heterocycles. The van der Waals surface area contributed by atoms with E-state index in [1.54, 1.807) is 0 Å². The number of Topliss-reactive ketones (excluding diaryl/α,β-unsaturated/α-hetero) is 1. The minimum absolute atomic E-state index is 0.171. The Morgan fingerprint density at radius 2 is 1.88 bits per heavy atom. The van der Waals surface area contributed by atoms with Gasteiger partial charge in [-0.25, -0.2) is 4.79 Å². The van der Waals surface area contributed by atoms with E-state index in [0.717, 1.165) is 29.3 Å². The lowest BCUT2D eigenvalue weighted by molar-refractivity contribution is 0.0486. The Morgan fingerprint density at radius 1 is 1.12 bits per heavy atom. The van der Waals surface area contributed by atoms with Gasteiger partial charge in [0.2, 0.25) is 0 Å². The fourth-order valence-electron chi connectivity index (χ4n) is 3.27. The Labute approximate surface area is 152 Å². The predicted molar refractivity (Wildman–Crippen MR) is 101 cm³/mol. The number of para-hydroxylation sites is 1. The van der Waals surface area contributed by atoms with Crippen molar-refractivity contribution in [2.75, 3.05) is 27.2 Å². The highest BCUT2D eigenvalue weighted by Crippen LogP contribution is 2.34. The third kappa shape index (κ3) is 2.99. The first kappa shape index (κ1) is 16.8. The van der Waals surface area contributed by atoms with E-state index in [1.807, 2.05) is 66.0 Å². The second kappa shape index (κ2) is 6.57. The van der Waals surface area contributed by atoms with Crippen LogP contribution in [0.25, 0.3) is 16.4 Å². The number of aromatic nitrogens is 1. The molecule has 1 saturated carbocycles. The van der Waals surface area contributed by atoms with Gasteiger partial charge >= 0.3 is 5.97 Å². The van der Waals surface area contributed by atoms with E-state index < -0.39 is 0 Å². The van der Waals surface area contributed by atoms with Gasteiger partial charge in [-0.15, -0.1) is 0 Å². The zero-order valence-corrected chi connectivity index (χ0v) is 15.1. The zero-order chi connectivity index (χ0) is 18.3. The van der Waals surface area contributed by atoms with Gasteiger partial charge in [-0.2, -0.15) is 0 Å². The molecule has 0 amide bonds. The molecular formula is C21H22N2O3. The van der Waals surface area contributed by atoms with E-state index in [0.29, 0.717) is 24.3 Å². The molecule has 0 bridgehead atoms. The summed E-state index contributed by atoms with van der Waals surface area (Å²) in [6.07, 6.45) is 3.81. The first-order valence-corrected chi connectivity index (χ1v) is 8.95. The number of likely N-dealkylation sites (N-methyl/N-ethyl adjacent to an activating group) is 1. The Hall–Kier alpha value is -2.66. The van der Waals surface area contributed by atoms with Crippen LogP contribution in [0.5, 0.6) is 0 Å². The van der Waals surface area contributed by atoms with Crippen molar-refractivity contribution in [2.24, 2.45) is 5.92 Å². The maximum atomic E-state index is 12.7. The fourth-order valence-corrected chi connectivity index (χ4v) is 3.27. The summed E-state index contributed by atoms with van der Waals surface area (Å²) in [7, 11) is 3.88. The van der Waals surface area contributed by atoms with Gasteiger partial charge in [0.25, 0.3) is 0 Å². The third-order valence-corrected chi connectivity index (χ3v) is 4.85. The van der Waals surface area contributed by atoms with Gasteiger partial charge < -0.3 is 14.0 Å². The molecule has 0 aliphatic heterocycles. The average Bonchev–Trinajstić information content (AvgIpc) is 3.42. The van der Waals surface area contributed by atoms with Crippen LogP contribution in [0.4, 0.5) is 0 Å². The van der Waals surface area contributed by atoms with Gasteiger partial charge in [-0.1, -0.05) is 18.2 Å². The van der Waals surface area contributed by atoms with Crippen molar-refractivity contribution in [3.63, 3.8) is 0 Å². The summed E-state index contributed by atoms with van der Waals surface area (Å²) in [5.41, 5.74) is 2.94. The fraction of sp³-hybridized carbons (Fsp3) is 0.333. The molecule has 0 radical (unpaired) electrons. The number of fused-ring (bicyclic) bond motifs is 3. The Morgan fingerprint density at radius 3 is 2.62 bits per heavy atom. The van der Waals surface area contributed by atoms with Crippen LogP contribution in [-0.2, 0) is 4.74 Å². The molecule has 2 aromatic heterocycles. The van der Waals surface area contributed by atoms with E-state index in [-0.39, 0.29) is 17.7 Å². The lowest BCUT2D eigenvalue weighted by Gasteiger charge is -2.10. The molecule has 0 N–H and O–H groups in total. The van der Waals surface area contributed by atoms with Crippen LogP contribution in [0.15, 0.2) is 42.6 Å². The predicted octanol–water partition coefficient (Wildman–Crippen LogP) is 3.40. The normalized spacial score (nSPS) is 14.3. The van der Waals surface area contributed by atoms with Crippen molar-refractivity contribution < 1.29 is 14.3 Å². The number of ether oxygens (including phenoxy) is 1. The largest absolute Gasteiger partial charge is 0.461 e. The second-order valence-electron chi connectivity index (χ2n) is 7.14. The Kier molecular flexibility index (Phi) is 4.24. The maximum absolute atomic E-state index is 12.7. The summed E-state index contributed by atoms with van der Waals surface area (Å²) in [5, 5.41) is 0.846. The van der Waals surface area contributed by atoms with E-state index in [2.05, 4.69) is 0 Å². The van der Waals surface area contributed by atoms with Crippen molar-refractivity contribution in [3.05, 3.63) is 53.7 Å². The molecule has 5 nitrogen and oxygen atoms in total. The number of pyridine rings is 1. The van der Waals surface area contributed by atoms with Crippen LogP contribution >= 0.6 is 0 Å². The number of benzene rings is 1. The molecule has 0 unspecified atom stereocenters. The summed E-state index contributed by atoms with van der Waals surface area (Å²) >= 11 is 0. The molecule has 134 valence electrons. The van der Waals surface area contributed by atoms with Crippen molar-refractivity contribution in [1.29, 1.82) is 0 Å². The molecule has 0 spiro atoms. The summed E-state index contributed by atoms with van der Waals surface area (Å²) in [6.45, 7) is 1.02. The number of rotatable bonds is 6. The standard InChI is InChI=1S/C21H22N2O3/c1-22(2)11-12-26-21(25)19-16-5-3-4-6-17(16)23-13-15(9-10-18(19)23)20(24)14-7-8-14/h3-6,9-10,13-14H,7-8,11-12H2,1-2H3. The minimum atomic E-state index is -0.327. The summed E-state index contributed by atoms with van der Waals surface area (Å²) in [6, 6.07) is 11.4. The summed E-state index contributed by atoms with van der Waals surface area (Å²) in [4.78, 5) is 27.1. The molecule has 1 aliphatic rings. The lowest BCUT2D eigenvalue weighted by Crippen LogP contribution is -2.20. The first-order valence-electron chi connectivity index (χ1n) is 8.95. The van der Waals surface area contributed by atoms with Crippen molar-refractivity contribution in [2.45, 2.75) is 12.8 Å². The highest BCUT2D eigenvalue weighted by atomic mass is 16.5. The Bertz CT molecular complexity index is 999. The minimum Gasteiger partial charge on any atom is -0.461 e. The summed E-state index contributed by atoms with van der Waals surface area (Å²) < 4.78 is 7.42. The molecule has 4 rings (SSSR count). The maximum Gasteiger partial charge on any atom is 0.341 e. The molecule has 0 saturated heterocycles. The van der Waals surface area contributed by atoms with Gasteiger partial charge in [0.05, 0.1) is 16.6 Å². The molecule has 0 atom stereocenters. The smallest absolute Gasteiger partial charge is 0.341 e. The van der Waals surface area contributed by atoms with Gasteiger partial charge in [0.1, 0.15) is 6.61 Å². The van der Waals surface area contributed by atoms with Crippen LogP contribution < -0.4 is 0 Å². The highest BCUT2D eigenvalue weighted by Gasteiger charge is 2.31. The second-order valence-corrected chi connectivity index (χ2v) is 7.14. The number of esters is 1. The SMILES string of the molecule is CN(C)CCOC(=O)c1c2ccccc2n2cc(C(=O)C3CC3)ccc12. The van der Waals surface area contributed by atoms with E-state index >= 15 is 0 Å². The molecule has 3 aromatic rings. The molecule has 1 aliphatic carbocycles. The highest BCUT2D eigenvalue weighted by molar-refractivity contribution is 6.12. The number of carbonyl (C=O) groups is 2. The average molecular weight is 350 g/mol. The van der Waals surface area contributed by atoms with Crippen LogP contribution in [-0.4, -0.2) is 48.3 Å². The van der Waals surface area contributed by atoms with Crippen LogP contribution in [0, 0.1) is 5.92 Å². The van der Waals surface area contributed by atoms with Gasteiger partial charge in [0.15, 0.2) is 5.78 Å². The Balaban J connectivity index is 1.78. The van der Waals surface area contributed by atoms with Crippen molar-refractivity contribution in [1.82, 2.24) is 9.30 Å². The number of carbonyl (C=O) groups excluding carboxylic acids is 2. The van der Waals surface area contributed by atoms with Gasteiger partial charge in [-0.3, -0.25) is 4.79 Å². The van der Waals surface area contributed by atoms with Crippen molar-refractivity contribution in [3.8, 4) is 0 Å². The molecule has 1 fully saturated rings. The first-order chi connectivity index (χ1) is 12.6.